The van der Waals surface area contributed by atoms with Gasteiger partial charge in [0.2, 0.25) is 5.91 Å². The number of nitrogens with zero attached hydrogens (tertiary/aromatic N) is 3. The molecule has 0 aliphatic rings. The van der Waals surface area contributed by atoms with E-state index in [0.29, 0.717) is 12.1 Å². The van der Waals surface area contributed by atoms with Crippen molar-refractivity contribution in [1.82, 2.24) is 5.32 Å². The number of carbonyl (C=O) groups excluding carboxylic acids is 2. The van der Waals surface area contributed by atoms with E-state index >= 15 is 0 Å². The zero-order valence-corrected chi connectivity index (χ0v) is 16.8. The van der Waals surface area contributed by atoms with E-state index in [0.717, 1.165) is 0 Å². The molecule has 0 radical (unpaired) electrons. The molecular formula is C17H22F3N7O5. The third kappa shape index (κ3) is 10.2. The van der Waals surface area contributed by atoms with Gasteiger partial charge in [0.15, 0.2) is 5.96 Å². The lowest BCUT2D eigenvalue weighted by Gasteiger charge is -2.19. The molecule has 1 aromatic rings. The molecule has 12 nitrogen and oxygen atoms in total. The fraction of sp³-hybridized carbons (Fsp3) is 0.412. The highest BCUT2D eigenvalue weighted by molar-refractivity contribution is 5.95. The van der Waals surface area contributed by atoms with Gasteiger partial charge in [0.05, 0.1) is 0 Å². The third-order valence-corrected chi connectivity index (χ3v) is 3.74. The Bertz CT molecular complexity index is 855. The SMILES string of the molecule is CC(Nc1ccc(C(=O)N=NOC(F)(F)F)cc1)C(=O)NC(CCCN=C(N)N)C(=O)O. The summed E-state index contributed by atoms with van der Waals surface area (Å²) >= 11 is 0. The van der Waals surface area contributed by atoms with Crippen molar-refractivity contribution in [2.45, 2.75) is 38.2 Å². The predicted octanol–water partition coefficient (Wildman–Crippen LogP) is 1.15. The number of rotatable bonds is 11. The van der Waals surface area contributed by atoms with E-state index in [2.05, 4.69) is 30.9 Å². The maximum atomic E-state index is 12.3. The number of hydrogen-bond acceptors (Lipinski definition) is 7. The first kappa shape index (κ1) is 26.1. The highest BCUT2D eigenvalue weighted by Crippen LogP contribution is 2.17. The molecule has 0 aliphatic carbocycles. The van der Waals surface area contributed by atoms with Gasteiger partial charge in [-0.15, -0.1) is 13.2 Å². The molecule has 7 N–H and O–H groups in total. The molecule has 0 aromatic heterocycles. The van der Waals surface area contributed by atoms with Crippen molar-refractivity contribution >= 4 is 29.4 Å². The van der Waals surface area contributed by atoms with Gasteiger partial charge in [0.1, 0.15) is 12.1 Å². The van der Waals surface area contributed by atoms with Gasteiger partial charge in [-0.25, -0.2) is 4.79 Å². The molecule has 1 aromatic carbocycles. The normalized spacial score (nSPS) is 13.1. The smallest absolute Gasteiger partial charge is 0.480 e. The number of aliphatic imine (C=N–C) groups is 1. The quantitative estimate of drug-likeness (QED) is 0.106. The standard InChI is InChI=1S/C17H22F3N7O5/c1-9(13(28)25-12(15(30)31)3-2-8-23-16(21)22)24-11-6-4-10(5-7-11)14(29)26-27-32-17(18,19)20/h4-7,9,12,24H,2-3,8H2,1H3,(H,25,28)(H,30,31)(H4,21,22,23). The van der Waals surface area contributed by atoms with Crippen LogP contribution in [0.3, 0.4) is 0 Å². The molecule has 176 valence electrons. The number of hydrogen-bond donors (Lipinski definition) is 5. The second-order valence-corrected chi connectivity index (χ2v) is 6.32. The lowest BCUT2D eigenvalue weighted by molar-refractivity contribution is -0.329. The van der Waals surface area contributed by atoms with Crippen molar-refractivity contribution in [1.29, 1.82) is 0 Å². The van der Waals surface area contributed by atoms with Gasteiger partial charge < -0.3 is 27.2 Å². The number of amides is 2. The summed E-state index contributed by atoms with van der Waals surface area (Å²) in [5, 5.41) is 19.5. The first-order valence-electron chi connectivity index (χ1n) is 9.04. The molecule has 0 spiro atoms. The van der Waals surface area contributed by atoms with Gasteiger partial charge in [-0.2, -0.15) is 0 Å². The topological polar surface area (TPSA) is 194 Å². The maximum absolute atomic E-state index is 12.3. The summed E-state index contributed by atoms with van der Waals surface area (Å²) in [6, 6.07) is 3.24. The molecule has 15 heteroatoms. The lowest BCUT2D eigenvalue weighted by atomic mass is 10.1. The minimum Gasteiger partial charge on any atom is -0.480 e. The number of halogens is 3. The Hall–Kier alpha value is -3.91. The minimum absolute atomic E-state index is 0.0751. The van der Waals surface area contributed by atoms with Crippen LogP contribution in [0.25, 0.3) is 0 Å². The predicted molar refractivity (Wildman–Crippen MR) is 105 cm³/mol. The van der Waals surface area contributed by atoms with Crippen molar-refractivity contribution in [3.63, 3.8) is 0 Å². The van der Waals surface area contributed by atoms with E-state index in [1.165, 1.54) is 31.2 Å². The molecule has 2 atom stereocenters. The van der Waals surface area contributed by atoms with Crippen molar-refractivity contribution in [3.05, 3.63) is 29.8 Å². The number of alkyl halides is 3. The fourth-order valence-electron chi connectivity index (χ4n) is 2.24. The number of aliphatic carboxylic acids is 1. The van der Waals surface area contributed by atoms with Crippen molar-refractivity contribution < 1.29 is 37.5 Å². The molecule has 0 heterocycles. The van der Waals surface area contributed by atoms with Crippen LogP contribution in [0.1, 0.15) is 30.1 Å². The summed E-state index contributed by atoms with van der Waals surface area (Å²) in [4.78, 5) is 42.0. The number of anilines is 1. The number of guanidine groups is 1. The molecule has 2 unspecified atom stereocenters. The molecule has 0 aliphatic heterocycles. The first-order valence-corrected chi connectivity index (χ1v) is 9.04. The highest BCUT2D eigenvalue weighted by Gasteiger charge is 2.31. The zero-order chi connectivity index (χ0) is 24.3. The Morgan fingerprint density at radius 3 is 2.34 bits per heavy atom. The van der Waals surface area contributed by atoms with Crippen LogP contribution >= 0.6 is 0 Å². The number of nitrogens with two attached hydrogens (primary N) is 2. The van der Waals surface area contributed by atoms with Crippen molar-refractivity contribution in [3.8, 4) is 0 Å². The molecule has 1 rings (SSSR count). The minimum atomic E-state index is -5.06. The van der Waals surface area contributed by atoms with Gasteiger partial charge in [-0.05, 0) is 44.0 Å². The van der Waals surface area contributed by atoms with Gasteiger partial charge in [0.25, 0.3) is 5.91 Å². The Morgan fingerprint density at radius 1 is 1.19 bits per heavy atom. The second-order valence-electron chi connectivity index (χ2n) is 6.32. The first-order chi connectivity index (χ1) is 14.9. The monoisotopic (exact) mass is 461 g/mol. The van der Waals surface area contributed by atoms with Gasteiger partial charge in [-0.3, -0.25) is 19.4 Å². The average Bonchev–Trinajstić information content (AvgIpc) is 2.69. The van der Waals surface area contributed by atoms with Gasteiger partial charge >= 0.3 is 12.3 Å². The molecule has 0 saturated heterocycles. The Kier molecular flexibility index (Phi) is 9.85. The molecule has 0 fully saturated rings. The molecule has 0 saturated carbocycles. The summed E-state index contributed by atoms with van der Waals surface area (Å²) < 4.78 is 35.4. The number of carboxylic acid groups (broad SMARTS) is 1. The summed E-state index contributed by atoms with van der Waals surface area (Å²) in [6.07, 6.45) is -4.62. The molecule has 0 bridgehead atoms. The highest BCUT2D eigenvalue weighted by atomic mass is 19.4. The van der Waals surface area contributed by atoms with Gasteiger partial charge in [0, 0.05) is 23.1 Å². The van der Waals surface area contributed by atoms with Crippen LogP contribution in [0.5, 0.6) is 0 Å². The van der Waals surface area contributed by atoms with Crippen LogP contribution in [-0.2, 0) is 14.4 Å². The van der Waals surface area contributed by atoms with Crippen LogP contribution in [0.4, 0.5) is 18.9 Å². The summed E-state index contributed by atoms with van der Waals surface area (Å²) in [5.74, 6) is -3.01. The Balaban J connectivity index is 2.61. The van der Waals surface area contributed by atoms with Crippen LogP contribution in [0, 0.1) is 0 Å². The van der Waals surface area contributed by atoms with Crippen LogP contribution in [0.2, 0.25) is 0 Å². The third-order valence-electron chi connectivity index (χ3n) is 3.74. The van der Waals surface area contributed by atoms with Crippen LogP contribution in [-0.4, -0.2) is 53.8 Å². The fourth-order valence-corrected chi connectivity index (χ4v) is 2.24. The number of benzene rings is 1. The van der Waals surface area contributed by atoms with E-state index in [4.69, 9.17) is 11.5 Å². The Labute approximate surface area is 179 Å². The Morgan fingerprint density at radius 2 is 1.81 bits per heavy atom. The number of carbonyl (C=O) groups is 3. The number of nitrogens with one attached hydrogen (secondary N) is 2. The largest absolute Gasteiger partial charge is 0.594 e. The van der Waals surface area contributed by atoms with Crippen molar-refractivity contribution in [2.24, 2.45) is 26.9 Å². The van der Waals surface area contributed by atoms with E-state index in [1.54, 1.807) is 0 Å². The summed E-state index contributed by atoms with van der Waals surface area (Å²) in [7, 11) is 0. The molecular weight excluding hydrogens is 439 g/mol. The zero-order valence-electron chi connectivity index (χ0n) is 16.8. The van der Waals surface area contributed by atoms with E-state index in [1.807, 2.05) is 0 Å². The molecule has 32 heavy (non-hydrogen) atoms. The van der Waals surface area contributed by atoms with Crippen LogP contribution < -0.4 is 22.1 Å². The maximum Gasteiger partial charge on any atom is 0.594 e. The van der Waals surface area contributed by atoms with E-state index in [9.17, 15) is 32.7 Å². The van der Waals surface area contributed by atoms with E-state index in [-0.39, 0.29) is 24.5 Å². The summed E-state index contributed by atoms with van der Waals surface area (Å²) in [6.45, 7) is 1.69. The van der Waals surface area contributed by atoms with Crippen molar-refractivity contribution in [2.75, 3.05) is 11.9 Å². The molecule has 2 amide bonds. The average molecular weight is 461 g/mol. The summed E-state index contributed by atoms with van der Waals surface area (Å²) in [5.41, 5.74) is 10.7. The lowest BCUT2D eigenvalue weighted by Crippen LogP contribution is -2.46. The van der Waals surface area contributed by atoms with E-state index < -0.39 is 36.2 Å². The van der Waals surface area contributed by atoms with Crippen LogP contribution in [0.15, 0.2) is 39.6 Å². The second kappa shape index (κ2) is 12.1. The van der Waals surface area contributed by atoms with Gasteiger partial charge in [-0.1, -0.05) is 5.11 Å². The number of carboxylic acids is 1.